The number of halogens is 2. The van der Waals surface area contributed by atoms with E-state index in [4.69, 9.17) is 5.73 Å². The van der Waals surface area contributed by atoms with Crippen LogP contribution in [0.3, 0.4) is 0 Å². The van der Waals surface area contributed by atoms with Gasteiger partial charge in [-0.3, -0.25) is 9.48 Å². The Morgan fingerprint density at radius 3 is 2.83 bits per heavy atom. The highest BCUT2D eigenvalue weighted by Gasteiger charge is 2.09. The van der Waals surface area contributed by atoms with Gasteiger partial charge >= 0.3 is 0 Å². The molecule has 5 nitrogen and oxygen atoms in total. The van der Waals surface area contributed by atoms with Crippen LogP contribution in [0.1, 0.15) is 15.4 Å². The molecule has 2 aromatic heterocycles. The van der Waals surface area contributed by atoms with Crippen molar-refractivity contribution in [2.45, 2.75) is 6.54 Å². The van der Waals surface area contributed by atoms with Crippen LogP contribution in [0.5, 0.6) is 0 Å². The van der Waals surface area contributed by atoms with Crippen LogP contribution in [0, 0.1) is 5.13 Å². The van der Waals surface area contributed by atoms with E-state index in [-0.39, 0.29) is 17.5 Å². The lowest BCUT2D eigenvalue weighted by molar-refractivity contribution is 0.0991. The van der Waals surface area contributed by atoms with Crippen LogP contribution in [0.4, 0.5) is 10.2 Å². The van der Waals surface area contributed by atoms with Crippen LogP contribution in [0.15, 0.2) is 18.2 Å². The van der Waals surface area contributed by atoms with Crippen molar-refractivity contribution >= 4 is 35.5 Å². The molecule has 18 heavy (non-hydrogen) atoms. The lowest BCUT2D eigenvalue weighted by Gasteiger charge is -1.98. The molecule has 0 aliphatic rings. The van der Waals surface area contributed by atoms with Crippen molar-refractivity contribution in [2.75, 3.05) is 5.32 Å². The molecule has 0 saturated heterocycles. The van der Waals surface area contributed by atoms with Crippen molar-refractivity contribution in [1.82, 2.24) is 9.78 Å². The van der Waals surface area contributed by atoms with E-state index in [1.54, 1.807) is 19.2 Å². The second-order valence-corrected chi connectivity index (χ2v) is 4.58. The number of thiophene rings is 1. The van der Waals surface area contributed by atoms with Crippen molar-refractivity contribution in [2.24, 2.45) is 12.8 Å². The minimum Gasteiger partial charge on any atom is -0.364 e. The summed E-state index contributed by atoms with van der Waals surface area (Å²) in [5.41, 5.74) is 5.49. The number of carbonyl (C=O) groups is 1. The molecule has 0 spiro atoms. The summed E-state index contributed by atoms with van der Waals surface area (Å²) in [4.78, 5) is 11.9. The number of nitrogens with two attached hydrogens (primary N) is 1. The highest BCUT2D eigenvalue weighted by atomic mass is 35.5. The van der Waals surface area contributed by atoms with Gasteiger partial charge in [0, 0.05) is 18.0 Å². The van der Waals surface area contributed by atoms with Crippen molar-refractivity contribution in [3.05, 3.63) is 33.9 Å². The van der Waals surface area contributed by atoms with Gasteiger partial charge in [0.1, 0.15) is 11.5 Å². The van der Waals surface area contributed by atoms with Crippen molar-refractivity contribution in [1.29, 1.82) is 0 Å². The predicted octanol–water partition coefficient (Wildman–Crippen LogP) is 1.75. The molecule has 3 N–H and O–H groups in total. The fourth-order valence-corrected chi connectivity index (χ4v) is 2.08. The van der Waals surface area contributed by atoms with E-state index in [1.165, 1.54) is 10.7 Å². The highest BCUT2D eigenvalue weighted by Crippen LogP contribution is 2.16. The first-order chi connectivity index (χ1) is 8.06. The SMILES string of the molecule is Cl.Cn1nc(NCc2ccc(F)s2)cc1C(N)=O. The number of rotatable bonds is 4. The Labute approximate surface area is 113 Å². The maximum absolute atomic E-state index is 12.7. The van der Waals surface area contributed by atoms with E-state index < -0.39 is 5.91 Å². The molecular weight excluding hydrogens is 279 g/mol. The Balaban J connectivity index is 0.00000162. The third-order valence-corrected chi connectivity index (χ3v) is 3.08. The van der Waals surface area contributed by atoms with E-state index in [9.17, 15) is 9.18 Å². The predicted molar refractivity (Wildman–Crippen MR) is 70.6 cm³/mol. The number of anilines is 1. The van der Waals surface area contributed by atoms with Crippen molar-refractivity contribution in [3.8, 4) is 0 Å². The van der Waals surface area contributed by atoms with E-state index in [1.807, 2.05) is 0 Å². The number of aromatic nitrogens is 2. The average Bonchev–Trinajstić information content (AvgIpc) is 2.82. The smallest absolute Gasteiger partial charge is 0.267 e. The largest absolute Gasteiger partial charge is 0.364 e. The van der Waals surface area contributed by atoms with E-state index >= 15 is 0 Å². The number of aryl methyl sites for hydroxylation is 1. The zero-order valence-electron chi connectivity index (χ0n) is 9.51. The van der Waals surface area contributed by atoms with Crippen LogP contribution in [-0.4, -0.2) is 15.7 Å². The summed E-state index contributed by atoms with van der Waals surface area (Å²) >= 11 is 1.07. The van der Waals surface area contributed by atoms with Gasteiger partial charge in [-0.05, 0) is 12.1 Å². The quantitative estimate of drug-likeness (QED) is 0.901. The molecule has 2 aromatic rings. The maximum atomic E-state index is 12.7. The van der Waals surface area contributed by atoms with Gasteiger partial charge in [-0.2, -0.15) is 9.49 Å². The minimum absolute atomic E-state index is 0. The van der Waals surface area contributed by atoms with Gasteiger partial charge < -0.3 is 11.1 Å². The van der Waals surface area contributed by atoms with Gasteiger partial charge in [-0.25, -0.2) is 0 Å². The fraction of sp³-hybridized carbons (Fsp3) is 0.200. The Morgan fingerprint density at radius 1 is 1.61 bits per heavy atom. The minimum atomic E-state index is -0.532. The number of carbonyl (C=O) groups excluding carboxylic acids is 1. The Hall–Kier alpha value is -1.60. The van der Waals surface area contributed by atoms with Crippen LogP contribution in [0.2, 0.25) is 0 Å². The van der Waals surface area contributed by atoms with Gasteiger partial charge in [0.2, 0.25) is 0 Å². The summed E-state index contributed by atoms with van der Waals surface area (Å²) < 4.78 is 14.1. The molecular formula is C10H12ClFN4OS. The topological polar surface area (TPSA) is 72.9 Å². The summed E-state index contributed by atoms with van der Waals surface area (Å²) in [6.07, 6.45) is 0. The number of hydrogen-bond donors (Lipinski definition) is 2. The first-order valence-corrected chi connectivity index (χ1v) is 5.70. The number of nitrogens with zero attached hydrogens (tertiary/aromatic N) is 2. The van der Waals surface area contributed by atoms with E-state index in [2.05, 4.69) is 10.4 Å². The molecule has 0 aromatic carbocycles. The molecule has 0 aliphatic carbocycles. The van der Waals surface area contributed by atoms with Crippen LogP contribution < -0.4 is 11.1 Å². The zero-order valence-corrected chi connectivity index (χ0v) is 11.1. The average molecular weight is 291 g/mol. The Morgan fingerprint density at radius 2 is 2.33 bits per heavy atom. The summed E-state index contributed by atoms with van der Waals surface area (Å²) in [5, 5.41) is 6.84. The number of nitrogens with one attached hydrogen (secondary N) is 1. The number of primary amides is 1. The molecule has 0 aliphatic heterocycles. The monoisotopic (exact) mass is 290 g/mol. The number of amides is 1. The Bertz CT molecular complexity index is 554. The van der Waals surface area contributed by atoms with Gasteiger partial charge in [0.15, 0.2) is 5.13 Å². The summed E-state index contributed by atoms with van der Waals surface area (Å²) in [7, 11) is 1.64. The van der Waals surface area contributed by atoms with Crippen LogP contribution in [-0.2, 0) is 13.6 Å². The third kappa shape index (κ3) is 3.21. The molecule has 0 bridgehead atoms. The summed E-state index contributed by atoms with van der Waals surface area (Å²) in [6.45, 7) is 0.462. The lowest BCUT2D eigenvalue weighted by Crippen LogP contribution is -2.15. The van der Waals surface area contributed by atoms with Gasteiger partial charge in [-0.1, -0.05) is 0 Å². The molecule has 0 fully saturated rings. The van der Waals surface area contributed by atoms with Crippen LogP contribution in [0.25, 0.3) is 0 Å². The second-order valence-electron chi connectivity index (χ2n) is 3.46. The van der Waals surface area contributed by atoms with Gasteiger partial charge in [0.05, 0.1) is 6.54 Å². The van der Waals surface area contributed by atoms with Crippen molar-refractivity contribution < 1.29 is 9.18 Å². The van der Waals surface area contributed by atoms with Gasteiger partial charge in [-0.15, -0.1) is 23.7 Å². The molecule has 0 radical (unpaired) electrons. The first-order valence-electron chi connectivity index (χ1n) is 4.88. The third-order valence-electron chi connectivity index (χ3n) is 2.20. The number of hydrogen-bond acceptors (Lipinski definition) is 4. The summed E-state index contributed by atoms with van der Waals surface area (Å²) in [6, 6.07) is 4.67. The lowest BCUT2D eigenvalue weighted by atomic mass is 10.4. The summed E-state index contributed by atoms with van der Waals surface area (Å²) in [5.74, 6) is 0.00493. The second kappa shape index (κ2) is 5.83. The molecule has 2 rings (SSSR count). The maximum Gasteiger partial charge on any atom is 0.267 e. The fourth-order valence-electron chi connectivity index (χ4n) is 1.41. The highest BCUT2D eigenvalue weighted by molar-refractivity contribution is 7.10. The normalized spacial score (nSPS) is 9.89. The van der Waals surface area contributed by atoms with E-state index in [0.717, 1.165) is 16.2 Å². The standard InChI is InChI=1S/C10H11FN4OS.ClH/c1-15-7(10(12)16)4-9(14-15)13-5-6-2-3-8(11)17-6;/h2-4H,5H2,1H3,(H2,12,16)(H,13,14);1H. The molecule has 2 heterocycles. The van der Waals surface area contributed by atoms with Crippen LogP contribution >= 0.6 is 23.7 Å². The first kappa shape index (κ1) is 14.5. The molecule has 0 saturated carbocycles. The zero-order chi connectivity index (χ0) is 12.4. The molecule has 0 atom stereocenters. The molecule has 8 heteroatoms. The Kier molecular flexibility index (Phi) is 4.69. The van der Waals surface area contributed by atoms with E-state index in [0.29, 0.717) is 18.1 Å². The molecule has 0 unspecified atom stereocenters. The van der Waals surface area contributed by atoms with Crippen molar-refractivity contribution in [3.63, 3.8) is 0 Å². The molecule has 1 amide bonds. The molecule has 98 valence electrons. The van der Waals surface area contributed by atoms with Gasteiger partial charge in [0.25, 0.3) is 5.91 Å².